The van der Waals surface area contributed by atoms with E-state index in [0.717, 1.165) is 42.4 Å². The smallest absolute Gasteiger partial charge is 0.303 e. The maximum Gasteiger partial charge on any atom is 0.303 e. The van der Waals surface area contributed by atoms with Crippen molar-refractivity contribution < 1.29 is 47.6 Å². The maximum absolute atomic E-state index is 12.4. The molecular formula is C34H42O10. The standard InChI is InChI=1S/C34H42O10/c1-7-24-11-13-25(14-12-24)15-26-16-27(17-29(19(26)2)43-28-9-8-10-28)31-33(41-22(5)37)34(42-23(6)38)32(40-21(4)36)30(44-31)18-39-20(3)35/h11-14,16-17,28,30-34H,7-10,15,18H2,1-6H3/t30-,31+,32-,33+,34+/m1/s1. The number of rotatable bonds is 11. The van der Waals surface area contributed by atoms with E-state index in [-0.39, 0.29) is 12.7 Å². The number of carbonyl (C=O) groups is 4. The Balaban J connectivity index is 1.82. The molecule has 5 atom stereocenters. The van der Waals surface area contributed by atoms with Gasteiger partial charge in [0, 0.05) is 27.7 Å². The second-order valence-electron chi connectivity index (χ2n) is 11.4. The van der Waals surface area contributed by atoms with Gasteiger partial charge in [-0.1, -0.05) is 37.3 Å². The van der Waals surface area contributed by atoms with Gasteiger partial charge in [-0.05, 0) is 72.9 Å². The monoisotopic (exact) mass is 610 g/mol. The molecule has 0 N–H and O–H groups in total. The lowest BCUT2D eigenvalue weighted by Gasteiger charge is -2.44. The number of carbonyl (C=O) groups excluding carboxylic acids is 4. The van der Waals surface area contributed by atoms with Crippen LogP contribution in [0.25, 0.3) is 0 Å². The highest BCUT2D eigenvalue weighted by atomic mass is 16.7. The zero-order valence-corrected chi connectivity index (χ0v) is 26.3. The molecule has 1 aliphatic heterocycles. The molecule has 1 aliphatic carbocycles. The molecule has 238 valence electrons. The van der Waals surface area contributed by atoms with Gasteiger partial charge in [0.05, 0.1) is 6.10 Å². The Bertz CT molecular complexity index is 1350. The summed E-state index contributed by atoms with van der Waals surface area (Å²) in [6, 6.07) is 12.3. The summed E-state index contributed by atoms with van der Waals surface area (Å²) in [5.74, 6) is -1.88. The van der Waals surface area contributed by atoms with Gasteiger partial charge in [0.15, 0.2) is 18.3 Å². The highest BCUT2D eigenvalue weighted by molar-refractivity contribution is 5.69. The van der Waals surface area contributed by atoms with Gasteiger partial charge in [-0.2, -0.15) is 0 Å². The van der Waals surface area contributed by atoms with E-state index in [1.807, 2.05) is 19.1 Å². The first kappa shape index (κ1) is 33.0. The quantitative estimate of drug-likeness (QED) is 0.257. The van der Waals surface area contributed by atoms with Crippen LogP contribution in [0, 0.1) is 6.92 Å². The lowest BCUT2D eigenvalue weighted by atomic mass is 9.87. The molecule has 2 fully saturated rings. The zero-order chi connectivity index (χ0) is 32.0. The fourth-order valence-electron chi connectivity index (χ4n) is 5.52. The molecule has 44 heavy (non-hydrogen) atoms. The number of esters is 4. The largest absolute Gasteiger partial charge is 0.490 e. The Labute approximate surface area is 258 Å². The van der Waals surface area contributed by atoms with Crippen LogP contribution < -0.4 is 4.74 Å². The predicted molar refractivity (Wildman–Crippen MR) is 159 cm³/mol. The van der Waals surface area contributed by atoms with Crippen LogP contribution in [0.3, 0.4) is 0 Å². The van der Waals surface area contributed by atoms with Crippen molar-refractivity contribution in [3.63, 3.8) is 0 Å². The number of ether oxygens (including phenoxy) is 6. The number of hydrogen-bond acceptors (Lipinski definition) is 10. The molecule has 10 heteroatoms. The molecule has 0 radical (unpaired) electrons. The van der Waals surface area contributed by atoms with Crippen molar-refractivity contribution >= 4 is 23.9 Å². The molecule has 2 aliphatic rings. The zero-order valence-electron chi connectivity index (χ0n) is 26.3. The Morgan fingerprint density at radius 2 is 1.39 bits per heavy atom. The van der Waals surface area contributed by atoms with Crippen molar-refractivity contribution in [2.45, 2.75) is 110 Å². The van der Waals surface area contributed by atoms with E-state index in [1.54, 1.807) is 0 Å². The van der Waals surface area contributed by atoms with E-state index in [4.69, 9.17) is 28.4 Å². The molecule has 10 nitrogen and oxygen atoms in total. The van der Waals surface area contributed by atoms with Crippen LogP contribution in [-0.4, -0.2) is 61.0 Å². The minimum Gasteiger partial charge on any atom is -0.490 e. The van der Waals surface area contributed by atoms with Crippen LogP contribution in [0.15, 0.2) is 36.4 Å². The minimum absolute atomic E-state index is 0.0936. The number of benzene rings is 2. The molecule has 0 bridgehead atoms. The number of aryl methyl sites for hydroxylation is 1. The SMILES string of the molecule is CCc1ccc(Cc2cc([C@@H]3O[C@H](COC(C)=O)[C@@H](OC(C)=O)[C@H](OC(C)=O)[C@H]3OC(C)=O)cc(OC3CCC3)c2C)cc1. The van der Waals surface area contributed by atoms with E-state index in [2.05, 4.69) is 31.2 Å². The summed E-state index contributed by atoms with van der Waals surface area (Å²) in [6.07, 6.45) is -1.03. The highest BCUT2D eigenvalue weighted by Gasteiger charge is 2.52. The summed E-state index contributed by atoms with van der Waals surface area (Å²) < 4.78 is 35.1. The first-order valence-corrected chi connectivity index (χ1v) is 15.1. The molecule has 1 saturated carbocycles. The third-order valence-electron chi connectivity index (χ3n) is 7.98. The average Bonchev–Trinajstić information content (AvgIpc) is 2.93. The van der Waals surface area contributed by atoms with Crippen molar-refractivity contribution in [2.75, 3.05) is 6.61 Å². The fraction of sp³-hybridized carbons (Fsp3) is 0.529. The van der Waals surface area contributed by atoms with E-state index in [0.29, 0.717) is 17.7 Å². The molecule has 0 unspecified atom stereocenters. The van der Waals surface area contributed by atoms with E-state index >= 15 is 0 Å². The molecule has 4 rings (SSSR count). The van der Waals surface area contributed by atoms with Crippen molar-refractivity contribution in [1.29, 1.82) is 0 Å². The van der Waals surface area contributed by atoms with Crippen LogP contribution >= 0.6 is 0 Å². The third-order valence-corrected chi connectivity index (χ3v) is 7.98. The second-order valence-corrected chi connectivity index (χ2v) is 11.4. The van der Waals surface area contributed by atoms with Gasteiger partial charge < -0.3 is 28.4 Å². The fourth-order valence-corrected chi connectivity index (χ4v) is 5.52. The van der Waals surface area contributed by atoms with E-state index < -0.39 is 54.4 Å². The maximum atomic E-state index is 12.4. The molecule has 0 spiro atoms. The van der Waals surface area contributed by atoms with Gasteiger partial charge in [-0.3, -0.25) is 19.2 Å². The van der Waals surface area contributed by atoms with Gasteiger partial charge in [-0.15, -0.1) is 0 Å². The summed E-state index contributed by atoms with van der Waals surface area (Å²) in [5, 5.41) is 0. The van der Waals surface area contributed by atoms with Crippen molar-refractivity contribution in [3.8, 4) is 5.75 Å². The van der Waals surface area contributed by atoms with Crippen molar-refractivity contribution in [3.05, 3.63) is 64.2 Å². The predicted octanol–water partition coefficient (Wildman–Crippen LogP) is 4.88. The lowest BCUT2D eigenvalue weighted by molar-refractivity contribution is -0.254. The van der Waals surface area contributed by atoms with Gasteiger partial charge in [-0.25, -0.2) is 0 Å². The minimum atomic E-state index is -1.25. The summed E-state index contributed by atoms with van der Waals surface area (Å²) in [4.78, 5) is 48.6. The van der Waals surface area contributed by atoms with Crippen molar-refractivity contribution in [2.24, 2.45) is 0 Å². The van der Waals surface area contributed by atoms with Crippen LogP contribution in [0.1, 0.15) is 87.8 Å². The summed E-state index contributed by atoms with van der Waals surface area (Å²) in [5.41, 5.74) is 4.92. The molecule has 1 saturated heterocycles. The first-order valence-electron chi connectivity index (χ1n) is 15.1. The van der Waals surface area contributed by atoms with Crippen molar-refractivity contribution in [1.82, 2.24) is 0 Å². The Hall–Kier alpha value is -3.92. The van der Waals surface area contributed by atoms with Gasteiger partial charge in [0.25, 0.3) is 0 Å². The normalized spacial score (nSPS) is 23.2. The van der Waals surface area contributed by atoms with Crippen LogP contribution in [0.4, 0.5) is 0 Å². The summed E-state index contributed by atoms with van der Waals surface area (Å²) in [6.45, 7) is 8.72. The van der Waals surface area contributed by atoms with Crippen LogP contribution in [0.5, 0.6) is 5.75 Å². The number of hydrogen-bond donors (Lipinski definition) is 0. The topological polar surface area (TPSA) is 124 Å². The first-order chi connectivity index (χ1) is 20.9. The summed E-state index contributed by atoms with van der Waals surface area (Å²) in [7, 11) is 0. The Morgan fingerprint density at radius 1 is 0.795 bits per heavy atom. The summed E-state index contributed by atoms with van der Waals surface area (Å²) >= 11 is 0. The molecule has 0 amide bonds. The van der Waals surface area contributed by atoms with E-state index in [9.17, 15) is 19.2 Å². The van der Waals surface area contributed by atoms with Gasteiger partial charge >= 0.3 is 23.9 Å². The van der Waals surface area contributed by atoms with Gasteiger partial charge in [0.2, 0.25) is 0 Å². The van der Waals surface area contributed by atoms with E-state index in [1.165, 1.54) is 33.3 Å². The van der Waals surface area contributed by atoms with Crippen LogP contribution in [0.2, 0.25) is 0 Å². The molecule has 2 aromatic carbocycles. The van der Waals surface area contributed by atoms with Gasteiger partial charge in [0.1, 0.15) is 24.6 Å². The average molecular weight is 611 g/mol. The molecule has 2 aromatic rings. The molecular weight excluding hydrogens is 568 g/mol. The molecule has 0 aromatic heterocycles. The van der Waals surface area contributed by atoms with Crippen LogP contribution in [-0.2, 0) is 55.7 Å². The second kappa shape index (κ2) is 14.7. The Morgan fingerprint density at radius 3 is 1.93 bits per heavy atom. The Kier molecular flexibility index (Phi) is 11.0. The lowest BCUT2D eigenvalue weighted by Crippen LogP contribution is -2.59. The highest BCUT2D eigenvalue weighted by Crippen LogP contribution is 2.41. The molecule has 1 heterocycles. The third kappa shape index (κ3) is 8.37.